The quantitative estimate of drug-likeness (QED) is 0.813. The molecule has 2 rings (SSSR count). The molecule has 2 amide bonds. The van der Waals surface area contributed by atoms with Crippen molar-refractivity contribution in [2.75, 3.05) is 13.6 Å². The Kier molecular flexibility index (Phi) is 7.69. The fourth-order valence-electron chi connectivity index (χ4n) is 3.61. The van der Waals surface area contributed by atoms with Crippen LogP contribution < -0.4 is 5.32 Å². The van der Waals surface area contributed by atoms with E-state index in [1.54, 1.807) is 4.90 Å². The van der Waals surface area contributed by atoms with Gasteiger partial charge in [0, 0.05) is 20.0 Å². The molecule has 0 bridgehead atoms. The standard InChI is InChI=1S/C22H34N2O3/c1-22(2,3)27-21(26)23-19(15-17-11-7-5-8-12-17)20(25)24(4)16-18-13-9-6-10-14-18/h5,7-8,11-12,18-19H,6,9-10,13-16H2,1-4H3,(H,23,26)/t19-/m0/s1. The number of ether oxygens (including phenoxy) is 1. The molecule has 1 aromatic rings. The minimum absolute atomic E-state index is 0.0599. The van der Waals surface area contributed by atoms with E-state index >= 15 is 0 Å². The second-order valence-corrected chi connectivity index (χ2v) is 8.61. The third kappa shape index (κ3) is 7.61. The van der Waals surface area contributed by atoms with E-state index in [2.05, 4.69) is 5.32 Å². The van der Waals surface area contributed by atoms with E-state index in [9.17, 15) is 9.59 Å². The van der Waals surface area contributed by atoms with Crippen LogP contribution in [0.3, 0.4) is 0 Å². The first kappa shape index (κ1) is 21.3. The number of hydrogen-bond donors (Lipinski definition) is 1. The lowest BCUT2D eigenvalue weighted by Crippen LogP contribution is -2.50. The highest BCUT2D eigenvalue weighted by Gasteiger charge is 2.28. The van der Waals surface area contributed by atoms with Gasteiger partial charge in [-0.3, -0.25) is 4.79 Å². The van der Waals surface area contributed by atoms with Crippen LogP contribution >= 0.6 is 0 Å². The van der Waals surface area contributed by atoms with E-state index in [1.165, 1.54) is 32.1 Å². The van der Waals surface area contributed by atoms with Crippen molar-refractivity contribution in [3.05, 3.63) is 35.9 Å². The van der Waals surface area contributed by atoms with Crippen LogP contribution in [0.1, 0.15) is 58.4 Å². The summed E-state index contributed by atoms with van der Waals surface area (Å²) in [7, 11) is 1.84. The van der Waals surface area contributed by atoms with Crippen LogP contribution in [0.15, 0.2) is 30.3 Å². The molecular formula is C22H34N2O3. The monoisotopic (exact) mass is 374 g/mol. The highest BCUT2D eigenvalue weighted by Crippen LogP contribution is 2.24. The zero-order valence-corrected chi connectivity index (χ0v) is 17.2. The molecule has 0 unspecified atom stereocenters. The third-order valence-corrected chi connectivity index (χ3v) is 4.90. The topological polar surface area (TPSA) is 58.6 Å². The van der Waals surface area contributed by atoms with Crippen molar-refractivity contribution in [1.29, 1.82) is 0 Å². The van der Waals surface area contributed by atoms with Gasteiger partial charge < -0.3 is 15.0 Å². The fourth-order valence-corrected chi connectivity index (χ4v) is 3.61. The van der Waals surface area contributed by atoms with Gasteiger partial charge in [0.15, 0.2) is 0 Å². The van der Waals surface area contributed by atoms with Crippen molar-refractivity contribution in [2.24, 2.45) is 5.92 Å². The average molecular weight is 375 g/mol. The van der Waals surface area contributed by atoms with E-state index < -0.39 is 17.7 Å². The van der Waals surface area contributed by atoms with E-state index in [-0.39, 0.29) is 5.91 Å². The zero-order valence-electron chi connectivity index (χ0n) is 17.2. The van der Waals surface area contributed by atoms with E-state index in [1.807, 2.05) is 58.2 Å². The summed E-state index contributed by atoms with van der Waals surface area (Å²) in [5, 5.41) is 2.79. The van der Waals surface area contributed by atoms with E-state index in [0.717, 1.165) is 12.1 Å². The Bertz CT molecular complexity index is 604. The van der Waals surface area contributed by atoms with Gasteiger partial charge in [0.05, 0.1) is 0 Å². The molecule has 1 aliphatic carbocycles. The Labute approximate surface area is 163 Å². The lowest BCUT2D eigenvalue weighted by molar-refractivity contribution is -0.132. The molecule has 150 valence electrons. The summed E-state index contributed by atoms with van der Waals surface area (Å²) in [6.45, 7) is 6.20. The van der Waals surface area contributed by atoms with Gasteiger partial charge in [-0.2, -0.15) is 0 Å². The molecule has 1 aromatic carbocycles. The van der Waals surface area contributed by atoms with Gasteiger partial charge in [-0.15, -0.1) is 0 Å². The maximum atomic E-state index is 13.1. The smallest absolute Gasteiger partial charge is 0.408 e. The second kappa shape index (κ2) is 9.77. The number of carbonyl (C=O) groups is 2. The minimum atomic E-state index is -0.629. The van der Waals surface area contributed by atoms with Crippen LogP contribution in [0.5, 0.6) is 0 Å². The summed E-state index contributed by atoms with van der Waals surface area (Å²) in [5.74, 6) is 0.502. The van der Waals surface area contributed by atoms with Crippen LogP contribution in [-0.2, 0) is 16.0 Å². The van der Waals surface area contributed by atoms with Gasteiger partial charge in [0.25, 0.3) is 0 Å². The SMILES string of the molecule is CN(CC1CCCCC1)C(=O)[C@H](Cc1ccccc1)NC(=O)OC(C)(C)C. The van der Waals surface area contributed by atoms with Crippen molar-refractivity contribution in [3.8, 4) is 0 Å². The summed E-state index contributed by atoms with van der Waals surface area (Å²) in [6.07, 6.45) is 6.05. The predicted octanol–water partition coefficient (Wildman–Crippen LogP) is 4.16. The van der Waals surface area contributed by atoms with Crippen LogP contribution in [0, 0.1) is 5.92 Å². The number of nitrogens with zero attached hydrogens (tertiary/aromatic N) is 1. The molecule has 0 saturated heterocycles. The van der Waals surface area contributed by atoms with Gasteiger partial charge in [-0.25, -0.2) is 4.79 Å². The van der Waals surface area contributed by atoms with Crippen LogP contribution in [-0.4, -0.2) is 42.1 Å². The van der Waals surface area contributed by atoms with Gasteiger partial charge in [0.2, 0.25) is 5.91 Å². The molecule has 5 heteroatoms. The van der Waals surface area contributed by atoms with Crippen molar-refractivity contribution in [2.45, 2.75) is 70.9 Å². The predicted molar refractivity (Wildman–Crippen MR) is 108 cm³/mol. The molecule has 1 N–H and O–H groups in total. The van der Waals surface area contributed by atoms with Gasteiger partial charge >= 0.3 is 6.09 Å². The fraction of sp³-hybridized carbons (Fsp3) is 0.636. The molecule has 0 spiro atoms. The molecule has 0 aliphatic heterocycles. The number of nitrogens with one attached hydrogen (secondary N) is 1. The lowest BCUT2D eigenvalue weighted by atomic mass is 9.89. The molecule has 1 aliphatic rings. The Morgan fingerprint density at radius 1 is 1.15 bits per heavy atom. The number of amides is 2. The lowest BCUT2D eigenvalue weighted by Gasteiger charge is -2.30. The summed E-state index contributed by atoms with van der Waals surface area (Å²) < 4.78 is 5.36. The summed E-state index contributed by atoms with van der Waals surface area (Å²) in [5.41, 5.74) is 0.413. The van der Waals surface area contributed by atoms with Gasteiger partial charge in [0.1, 0.15) is 11.6 Å². The van der Waals surface area contributed by atoms with Crippen LogP contribution in [0.25, 0.3) is 0 Å². The van der Waals surface area contributed by atoms with Crippen molar-refractivity contribution in [3.63, 3.8) is 0 Å². The maximum absolute atomic E-state index is 13.1. The highest BCUT2D eigenvalue weighted by atomic mass is 16.6. The number of rotatable bonds is 6. The van der Waals surface area contributed by atoms with Gasteiger partial charge in [-0.1, -0.05) is 49.6 Å². The first-order chi connectivity index (χ1) is 12.7. The summed E-state index contributed by atoms with van der Waals surface area (Å²) in [4.78, 5) is 27.1. The summed E-state index contributed by atoms with van der Waals surface area (Å²) >= 11 is 0. The Morgan fingerprint density at radius 2 is 1.78 bits per heavy atom. The first-order valence-corrected chi connectivity index (χ1v) is 10.0. The van der Waals surface area contributed by atoms with E-state index in [4.69, 9.17) is 4.74 Å². The molecule has 0 heterocycles. The minimum Gasteiger partial charge on any atom is -0.444 e. The van der Waals surface area contributed by atoms with Crippen LogP contribution in [0.2, 0.25) is 0 Å². The number of hydrogen-bond acceptors (Lipinski definition) is 3. The molecular weight excluding hydrogens is 340 g/mol. The summed E-state index contributed by atoms with van der Waals surface area (Å²) in [6, 6.07) is 9.13. The molecule has 0 aromatic heterocycles. The Morgan fingerprint density at radius 3 is 2.37 bits per heavy atom. The van der Waals surface area contributed by atoms with E-state index in [0.29, 0.717) is 12.3 Å². The normalized spacial score (nSPS) is 16.4. The number of alkyl carbamates (subject to hydrolysis) is 1. The van der Waals surface area contributed by atoms with Crippen molar-refractivity contribution >= 4 is 12.0 Å². The van der Waals surface area contributed by atoms with Crippen LogP contribution in [0.4, 0.5) is 4.79 Å². The largest absolute Gasteiger partial charge is 0.444 e. The Hall–Kier alpha value is -2.04. The molecule has 1 atom stereocenters. The Balaban J connectivity index is 2.04. The van der Waals surface area contributed by atoms with Crippen molar-refractivity contribution in [1.82, 2.24) is 10.2 Å². The maximum Gasteiger partial charge on any atom is 0.408 e. The number of carbonyl (C=O) groups excluding carboxylic acids is 2. The molecule has 27 heavy (non-hydrogen) atoms. The van der Waals surface area contributed by atoms with Crippen molar-refractivity contribution < 1.29 is 14.3 Å². The second-order valence-electron chi connectivity index (χ2n) is 8.61. The number of benzene rings is 1. The van der Waals surface area contributed by atoms with Gasteiger partial charge in [-0.05, 0) is 45.1 Å². The number of likely N-dealkylation sites (N-methyl/N-ethyl adjacent to an activating group) is 1. The highest BCUT2D eigenvalue weighted by molar-refractivity contribution is 5.86. The zero-order chi connectivity index (χ0) is 19.9. The first-order valence-electron chi connectivity index (χ1n) is 10.0. The molecule has 0 radical (unpaired) electrons. The molecule has 1 saturated carbocycles. The molecule has 5 nitrogen and oxygen atoms in total. The molecule has 1 fully saturated rings. The average Bonchev–Trinajstić information content (AvgIpc) is 2.60. The third-order valence-electron chi connectivity index (χ3n) is 4.90.